The Bertz CT molecular complexity index is 997. The highest BCUT2D eigenvalue weighted by Gasteiger charge is 2.39. The van der Waals surface area contributed by atoms with Crippen molar-refractivity contribution in [1.82, 2.24) is 5.32 Å². The van der Waals surface area contributed by atoms with Crippen LogP contribution in [0.4, 0.5) is 4.79 Å². The number of amides is 2. The fourth-order valence-electron chi connectivity index (χ4n) is 3.49. The van der Waals surface area contributed by atoms with Gasteiger partial charge in [0.1, 0.15) is 6.54 Å². The van der Waals surface area contributed by atoms with Crippen LogP contribution in [0.2, 0.25) is 0 Å². The SMILES string of the molecule is CC(C)=C/C=C/C=C(C)/C=C/C=C(C)/C=C/C1=C(C)C(=O)[C@@H](OC(=O)CNC(N)=O)CC1(C)C. The molecule has 0 heterocycles. The highest BCUT2D eigenvalue weighted by atomic mass is 16.5. The van der Waals surface area contributed by atoms with Crippen LogP contribution in [0.1, 0.15) is 54.9 Å². The van der Waals surface area contributed by atoms with E-state index in [-0.39, 0.29) is 17.7 Å². The van der Waals surface area contributed by atoms with Crippen LogP contribution >= 0.6 is 0 Å². The molecule has 6 heteroatoms. The predicted octanol–water partition coefficient (Wildman–Crippen LogP) is 5.41. The van der Waals surface area contributed by atoms with Gasteiger partial charge in [-0.05, 0) is 51.2 Å². The molecule has 2 amide bonds. The third kappa shape index (κ3) is 10.0. The molecule has 3 N–H and O–H groups in total. The second-order valence-corrected chi connectivity index (χ2v) is 9.33. The minimum atomic E-state index is -0.880. The topological polar surface area (TPSA) is 98.5 Å². The molecule has 34 heavy (non-hydrogen) atoms. The number of carbonyl (C=O) groups excluding carboxylic acids is 3. The highest BCUT2D eigenvalue weighted by molar-refractivity contribution is 6.01. The predicted molar refractivity (Wildman–Crippen MR) is 138 cm³/mol. The molecule has 0 aromatic rings. The molecule has 0 saturated carbocycles. The first kappa shape index (κ1) is 28.6. The number of urea groups is 1. The van der Waals surface area contributed by atoms with Gasteiger partial charge in [0.25, 0.3) is 0 Å². The Morgan fingerprint density at radius 3 is 2.24 bits per heavy atom. The van der Waals surface area contributed by atoms with Gasteiger partial charge in [0.15, 0.2) is 11.9 Å². The smallest absolute Gasteiger partial charge is 0.326 e. The summed E-state index contributed by atoms with van der Waals surface area (Å²) in [4.78, 5) is 35.5. The number of primary amides is 1. The molecule has 0 aromatic carbocycles. The van der Waals surface area contributed by atoms with Crippen LogP contribution in [-0.4, -0.2) is 30.4 Å². The van der Waals surface area contributed by atoms with Gasteiger partial charge < -0.3 is 15.8 Å². The summed E-state index contributed by atoms with van der Waals surface area (Å²) in [6, 6.07) is -0.823. The van der Waals surface area contributed by atoms with Crippen LogP contribution in [0.5, 0.6) is 0 Å². The first-order valence-corrected chi connectivity index (χ1v) is 11.3. The van der Waals surface area contributed by atoms with Crippen molar-refractivity contribution in [3.05, 3.63) is 82.5 Å². The van der Waals surface area contributed by atoms with E-state index in [9.17, 15) is 14.4 Å². The van der Waals surface area contributed by atoms with Crippen molar-refractivity contribution >= 4 is 17.8 Å². The van der Waals surface area contributed by atoms with E-state index < -0.39 is 18.1 Å². The summed E-state index contributed by atoms with van der Waals surface area (Å²) < 4.78 is 5.31. The van der Waals surface area contributed by atoms with Crippen LogP contribution in [0, 0.1) is 5.41 Å². The van der Waals surface area contributed by atoms with Gasteiger partial charge in [-0.1, -0.05) is 85.3 Å². The zero-order valence-electron chi connectivity index (χ0n) is 21.4. The van der Waals surface area contributed by atoms with E-state index in [1.807, 2.05) is 76.3 Å². The van der Waals surface area contributed by atoms with Crippen molar-refractivity contribution in [2.24, 2.45) is 11.1 Å². The van der Waals surface area contributed by atoms with E-state index in [0.717, 1.165) is 16.7 Å². The number of hydrogen-bond donors (Lipinski definition) is 2. The fraction of sp³-hybridized carbons (Fsp3) is 0.393. The lowest BCUT2D eigenvalue weighted by molar-refractivity contribution is -0.154. The summed E-state index contributed by atoms with van der Waals surface area (Å²) >= 11 is 0. The number of ether oxygens (including phenoxy) is 1. The molecule has 1 aliphatic carbocycles. The summed E-state index contributed by atoms with van der Waals surface area (Å²) in [5, 5.41) is 2.17. The molecule has 1 aliphatic rings. The Morgan fingerprint density at radius 2 is 1.62 bits per heavy atom. The van der Waals surface area contributed by atoms with Crippen molar-refractivity contribution in [2.75, 3.05) is 6.54 Å². The van der Waals surface area contributed by atoms with Crippen LogP contribution < -0.4 is 11.1 Å². The molecular formula is C28H38N2O4. The second-order valence-electron chi connectivity index (χ2n) is 9.33. The van der Waals surface area contributed by atoms with Gasteiger partial charge in [0.05, 0.1) is 0 Å². The van der Waals surface area contributed by atoms with Crippen LogP contribution in [0.15, 0.2) is 82.5 Å². The summed E-state index contributed by atoms with van der Waals surface area (Å²) in [6.45, 7) is 13.6. The van der Waals surface area contributed by atoms with Crippen molar-refractivity contribution < 1.29 is 19.1 Å². The molecule has 0 spiro atoms. The van der Waals surface area contributed by atoms with Gasteiger partial charge in [-0.2, -0.15) is 0 Å². The average Bonchev–Trinajstić information content (AvgIpc) is 2.73. The monoisotopic (exact) mass is 466 g/mol. The Hall–Kier alpha value is -3.41. The lowest BCUT2D eigenvalue weighted by Gasteiger charge is -2.36. The van der Waals surface area contributed by atoms with Crippen LogP contribution in [0.25, 0.3) is 0 Å². The summed E-state index contributed by atoms with van der Waals surface area (Å²) in [7, 11) is 0. The van der Waals surface area contributed by atoms with Gasteiger partial charge >= 0.3 is 12.0 Å². The molecule has 0 fully saturated rings. The Balaban J connectivity index is 2.90. The number of nitrogens with one attached hydrogen (secondary N) is 1. The first-order chi connectivity index (χ1) is 15.8. The Morgan fingerprint density at radius 1 is 1.03 bits per heavy atom. The molecule has 1 rings (SSSR count). The lowest BCUT2D eigenvalue weighted by Crippen LogP contribution is -2.41. The maximum absolute atomic E-state index is 12.8. The second kappa shape index (κ2) is 13.3. The molecule has 0 bridgehead atoms. The molecular weight excluding hydrogens is 428 g/mol. The minimum absolute atomic E-state index is 0.227. The fourth-order valence-corrected chi connectivity index (χ4v) is 3.49. The molecule has 0 radical (unpaired) electrons. The van der Waals surface area contributed by atoms with E-state index in [4.69, 9.17) is 10.5 Å². The summed E-state index contributed by atoms with van der Waals surface area (Å²) in [5.74, 6) is -0.920. The molecule has 184 valence electrons. The van der Waals surface area contributed by atoms with Gasteiger partial charge in [-0.15, -0.1) is 0 Å². The standard InChI is InChI=1S/C28H38N2O4/c1-19(2)11-8-9-12-20(3)13-10-14-21(4)15-16-23-22(5)26(32)24(17-28(23,6)7)34-25(31)18-30-27(29)33/h8-16,24H,17-18H2,1-7H3,(H3,29,30,33)/b9-8+,13-10+,16-15+,20-12+,21-14+/t24-/m0/s1. The Kier molecular flexibility index (Phi) is 11.2. The summed E-state index contributed by atoms with van der Waals surface area (Å²) in [6.07, 6.45) is 17.6. The van der Waals surface area contributed by atoms with Gasteiger partial charge in [0, 0.05) is 6.42 Å². The molecule has 6 nitrogen and oxygen atoms in total. The van der Waals surface area contributed by atoms with E-state index in [2.05, 4.69) is 25.2 Å². The number of hydrogen-bond acceptors (Lipinski definition) is 4. The quantitative estimate of drug-likeness (QED) is 0.351. The van der Waals surface area contributed by atoms with E-state index >= 15 is 0 Å². The van der Waals surface area contributed by atoms with Crippen molar-refractivity contribution in [1.29, 1.82) is 0 Å². The maximum atomic E-state index is 12.8. The zero-order valence-corrected chi connectivity index (χ0v) is 21.4. The number of esters is 1. The normalized spacial score (nSPS) is 19.3. The number of carbonyl (C=O) groups is 3. The van der Waals surface area contributed by atoms with Crippen molar-refractivity contribution in [2.45, 2.75) is 61.0 Å². The maximum Gasteiger partial charge on any atom is 0.326 e. The third-order valence-electron chi connectivity index (χ3n) is 5.30. The number of allylic oxidation sites excluding steroid dienone is 13. The molecule has 0 aromatic heterocycles. The number of rotatable bonds is 9. The first-order valence-electron chi connectivity index (χ1n) is 11.3. The van der Waals surface area contributed by atoms with Gasteiger partial charge in [-0.25, -0.2) is 4.79 Å². The minimum Gasteiger partial charge on any atom is -0.453 e. The van der Waals surface area contributed by atoms with E-state index in [0.29, 0.717) is 12.0 Å². The lowest BCUT2D eigenvalue weighted by atomic mass is 9.71. The van der Waals surface area contributed by atoms with E-state index in [1.165, 1.54) is 5.57 Å². The molecule has 0 unspecified atom stereocenters. The molecule has 1 atom stereocenters. The van der Waals surface area contributed by atoms with E-state index in [1.54, 1.807) is 6.92 Å². The van der Waals surface area contributed by atoms with Crippen LogP contribution in [-0.2, 0) is 14.3 Å². The number of ketones is 1. The number of nitrogens with two attached hydrogens (primary N) is 1. The molecule has 0 aliphatic heterocycles. The third-order valence-corrected chi connectivity index (χ3v) is 5.30. The van der Waals surface area contributed by atoms with Crippen LogP contribution in [0.3, 0.4) is 0 Å². The largest absolute Gasteiger partial charge is 0.453 e. The Labute approximate surface area is 203 Å². The zero-order chi connectivity index (χ0) is 25.9. The van der Waals surface area contributed by atoms with Crippen molar-refractivity contribution in [3.8, 4) is 0 Å². The van der Waals surface area contributed by atoms with Crippen molar-refractivity contribution in [3.63, 3.8) is 0 Å². The highest BCUT2D eigenvalue weighted by Crippen LogP contribution is 2.40. The number of Topliss-reactive ketones (excluding diaryl/α,β-unsaturated/α-hetero) is 1. The molecule has 0 saturated heterocycles. The average molecular weight is 467 g/mol. The van der Waals surface area contributed by atoms with Gasteiger partial charge in [0.2, 0.25) is 0 Å². The summed E-state index contributed by atoms with van der Waals surface area (Å²) in [5.41, 5.74) is 9.51. The van der Waals surface area contributed by atoms with Gasteiger partial charge in [-0.3, -0.25) is 9.59 Å².